The number of carbonyl (C=O) groups is 1. The minimum Gasteiger partial charge on any atom is -0.387 e. The Kier molecular flexibility index (Phi) is 5.84. The summed E-state index contributed by atoms with van der Waals surface area (Å²) >= 11 is 0. The summed E-state index contributed by atoms with van der Waals surface area (Å²) in [6.07, 6.45) is -0.675. The van der Waals surface area contributed by atoms with Gasteiger partial charge in [-0.2, -0.15) is 0 Å². The summed E-state index contributed by atoms with van der Waals surface area (Å²) in [5.74, 6) is -0.429. The van der Waals surface area contributed by atoms with E-state index in [-0.39, 0.29) is 11.7 Å². The third kappa shape index (κ3) is 4.87. The Morgan fingerprint density at radius 3 is 2.35 bits per heavy atom. The van der Waals surface area contributed by atoms with Gasteiger partial charge in [-0.05, 0) is 42.4 Å². The van der Waals surface area contributed by atoms with Crippen molar-refractivity contribution in [1.82, 2.24) is 10.2 Å². The van der Waals surface area contributed by atoms with E-state index in [1.165, 1.54) is 12.1 Å². The van der Waals surface area contributed by atoms with Gasteiger partial charge in [0.05, 0.1) is 6.10 Å². The normalized spacial score (nSPS) is 12.2. The molecule has 1 amide bonds. The first kappa shape index (κ1) is 17.1. The van der Waals surface area contributed by atoms with Crippen LogP contribution in [0.25, 0.3) is 0 Å². The Morgan fingerprint density at radius 1 is 1.17 bits per heavy atom. The first-order valence-corrected chi connectivity index (χ1v) is 7.42. The monoisotopic (exact) mass is 316 g/mol. The van der Waals surface area contributed by atoms with Gasteiger partial charge in [0.25, 0.3) is 5.91 Å². The fraction of sp³-hybridized carbons (Fsp3) is 0.278. The first-order valence-electron chi connectivity index (χ1n) is 7.42. The first-order chi connectivity index (χ1) is 11.0. The number of aliphatic hydroxyl groups excluding tert-OH is 1. The maximum Gasteiger partial charge on any atom is 0.251 e. The SMILES string of the molecule is CNC(=O)c1ccc(CN(C)CC(O)c2ccc(F)cc2)cc1. The molecule has 0 bridgehead atoms. The molecule has 0 aliphatic rings. The van der Waals surface area contributed by atoms with Crippen molar-refractivity contribution in [3.63, 3.8) is 0 Å². The molecule has 0 aliphatic heterocycles. The lowest BCUT2D eigenvalue weighted by Crippen LogP contribution is -2.24. The minimum atomic E-state index is -0.675. The molecule has 0 saturated carbocycles. The standard InChI is InChI=1S/C18H21FN2O2/c1-20-18(23)15-5-3-13(4-6-15)11-21(2)12-17(22)14-7-9-16(19)10-8-14/h3-10,17,22H,11-12H2,1-2H3,(H,20,23). The predicted octanol–water partition coefficient (Wildman–Crippen LogP) is 2.35. The second-order valence-electron chi connectivity index (χ2n) is 5.54. The molecule has 0 fully saturated rings. The van der Waals surface area contributed by atoms with Crippen LogP contribution in [0.3, 0.4) is 0 Å². The average molecular weight is 316 g/mol. The quantitative estimate of drug-likeness (QED) is 0.860. The number of carbonyl (C=O) groups excluding carboxylic acids is 1. The van der Waals surface area contributed by atoms with Gasteiger partial charge >= 0.3 is 0 Å². The van der Waals surface area contributed by atoms with Crippen LogP contribution in [0.1, 0.15) is 27.6 Å². The van der Waals surface area contributed by atoms with Gasteiger partial charge < -0.3 is 10.4 Å². The fourth-order valence-corrected chi connectivity index (χ4v) is 2.37. The highest BCUT2D eigenvalue weighted by Crippen LogP contribution is 2.16. The zero-order valence-corrected chi connectivity index (χ0v) is 13.3. The van der Waals surface area contributed by atoms with E-state index in [9.17, 15) is 14.3 Å². The number of nitrogens with one attached hydrogen (secondary N) is 1. The van der Waals surface area contributed by atoms with E-state index in [1.807, 2.05) is 24.1 Å². The molecular weight excluding hydrogens is 295 g/mol. The van der Waals surface area contributed by atoms with E-state index >= 15 is 0 Å². The van der Waals surface area contributed by atoms with Crippen LogP contribution >= 0.6 is 0 Å². The number of amides is 1. The van der Waals surface area contributed by atoms with Crippen LogP contribution in [0.15, 0.2) is 48.5 Å². The van der Waals surface area contributed by atoms with Gasteiger partial charge in [-0.1, -0.05) is 24.3 Å². The zero-order valence-electron chi connectivity index (χ0n) is 13.3. The lowest BCUT2D eigenvalue weighted by Gasteiger charge is -2.21. The summed E-state index contributed by atoms with van der Waals surface area (Å²) in [5.41, 5.74) is 2.35. The number of hydrogen-bond donors (Lipinski definition) is 2. The Hall–Kier alpha value is -2.24. The number of likely N-dealkylation sites (N-methyl/N-ethyl adjacent to an activating group) is 1. The number of nitrogens with zero attached hydrogens (tertiary/aromatic N) is 1. The van der Waals surface area contributed by atoms with Crippen LogP contribution in [0.5, 0.6) is 0 Å². The van der Waals surface area contributed by atoms with Crippen LogP contribution in [-0.4, -0.2) is 36.6 Å². The smallest absolute Gasteiger partial charge is 0.251 e. The number of halogens is 1. The molecule has 0 spiro atoms. The van der Waals surface area contributed by atoms with Gasteiger partial charge in [-0.3, -0.25) is 9.69 Å². The molecule has 1 unspecified atom stereocenters. The Bertz CT molecular complexity index is 641. The molecule has 2 rings (SSSR count). The van der Waals surface area contributed by atoms with Gasteiger partial charge in [0, 0.05) is 25.7 Å². The maximum absolute atomic E-state index is 12.9. The van der Waals surface area contributed by atoms with Crippen LogP contribution in [0, 0.1) is 5.82 Å². The Morgan fingerprint density at radius 2 is 1.78 bits per heavy atom. The third-order valence-corrected chi connectivity index (χ3v) is 3.64. The third-order valence-electron chi connectivity index (χ3n) is 3.64. The number of aliphatic hydroxyl groups is 1. The van der Waals surface area contributed by atoms with Crippen molar-refractivity contribution in [2.24, 2.45) is 0 Å². The van der Waals surface area contributed by atoms with Gasteiger partial charge in [0.1, 0.15) is 5.82 Å². The molecule has 1 atom stereocenters. The van der Waals surface area contributed by atoms with Crippen LogP contribution in [-0.2, 0) is 6.54 Å². The Balaban J connectivity index is 1.92. The summed E-state index contributed by atoms with van der Waals surface area (Å²) in [4.78, 5) is 13.5. The van der Waals surface area contributed by atoms with Crippen molar-refractivity contribution in [3.8, 4) is 0 Å². The van der Waals surface area contributed by atoms with E-state index in [2.05, 4.69) is 5.32 Å². The van der Waals surface area contributed by atoms with Crippen molar-refractivity contribution in [3.05, 3.63) is 71.0 Å². The van der Waals surface area contributed by atoms with Crippen LogP contribution in [0.4, 0.5) is 4.39 Å². The summed E-state index contributed by atoms with van der Waals surface area (Å²) < 4.78 is 12.9. The molecule has 0 heterocycles. The molecule has 0 aliphatic carbocycles. The van der Waals surface area contributed by atoms with E-state index in [0.29, 0.717) is 24.2 Å². The fourth-order valence-electron chi connectivity index (χ4n) is 2.37. The molecule has 23 heavy (non-hydrogen) atoms. The lowest BCUT2D eigenvalue weighted by atomic mass is 10.1. The summed E-state index contributed by atoms with van der Waals surface area (Å²) in [7, 11) is 3.50. The van der Waals surface area contributed by atoms with E-state index in [4.69, 9.17) is 0 Å². The van der Waals surface area contributed by atoms with Gasteiger partial charge in [-0.15, -0.1) is 0 Å². The van der Waals surface area contributed by atoms with Crippen molar-refractivity contribution in [1.29, 1.82) is 0 Å². The minimum absolute atomic E-state index is 0.114. The summed E-state index contributed by atoms with van der Waals surface area (Å²) in [6, 6.07) is 13.2. The zero-order chi connectivity index (χ0) is 16.8. The molecule has 5 heteroatoms. The van der Waals surface area contributed by atoms with E-state index in [1.54, 1.807) is 31.3 Å². The van der Waals surface area contributed by atoms with Gasteiger partial charge in [-0.25, -0.2) is 4.39 Å². The number of benzene rings is 2. The molecular formula is C18H21FN2O2. The van der Waals surface area contributed by atoms with Crippen molar-refractivity contribution < 1.29 is 14.3 Å². The molecule has 0 aromatic heterocycles. The van der Waals surface area contributed by atoms with Gasteiger partial charge in [0.2, 0.25) is 0 Å². The molecule has 2 aromatic carbocycles. The maximum atomic E-state index is 12.9. The lowest BCUT2D eigenvalue weighted by molar-refractivity contribution is 0.0963. The number of hydrogen-bond acceptors (Lipinski definition) is 3. The highest BCUT2D eigenvalue weighted by molar-refractivity contribution is 5.93. The topological polar surface area (TPSA) is 52.6 Å². The van der Waals surface area contributed by atoms with Crippen molar-refractivity contribution >= 4 is 5.91 Å². The van der Waals surface area contributed by atoms with Gasteiger partial charge in [0.15, 0.2) is 0 Å². The molecule has 4 nitrogen and oxygen atoms in total. The highest BCUT2D eigenvalue weighted by Gasteiger charge is 2.11. The van der Waals surface area contributed by atoms with Crippen LogP contribution < -0.4 is 5.32 Å². The van der Waals surface area contributed by atoms with Crippen molar-refractivity contribution in [2.75, 3.05) is 20.6 Å². The molecule has 0 saturated heterocycles. The molecule has 122 valence electrons. The second-order valence-corrected chi connectivity index (χ2v) is 5.54. The van der Waals surface area contributed by atoms with E-state index in [0.717, 1.165) is 5.56 Å². The number of rotatable bonds is 6. The molecule has 0 radical (unpaired) electrons. The molecule has 2 N–H and O–H groups in total. The summed E-state index contributed by atoms with van der Waals surface area (Å²) in [5, 5.41) is 12.8. The predicted molar refractivity (Wildman–Crippen MR) is 87.5 cm³/mol. The average Bonchev–Trinajstić information content (AvgIpc) is 2.55. The molecule has 2 aromatic rings. The Labute approximate surface area is 135 Å². The largest absolute Gasteiger partial charge is 0.387 e. The van der Waals surface area contributed by atoms with Crippen molar-refractivity contribution in [2.45, 2.75) is 12.6 Å². The highest BCUT2D eigenvalue weighted by atomic mass is 19.1. The summed E-state index contributed by atoms with van der Waals surface area (Å²) in [6.45, 7) is 1.08. The van der Waals surface area contributed by atoms with Crippen LogP contribution in [0.2, 0.25) is 0 Å². The van der Waals surface area contributed by atoms with E-state index < -0.39 is 6.10 Å². The second kappa shape index (κ2) is 7.85.